The fraction of sp³-hybridized carbons (Fsp3) is 0.474. The lowest BCUT2D eigenvalue weighted by Gasteiger charge is -2.43. The average Bonchev–Trinajstić information content (AvgIpc) is 3.56. The maximum Gasteiger partial charge on any atom is 0.239 e. The lowest BCUT2D eigenvalue weighted by molar-refractivity contribution is 0.232. The molecule has 0 saturated heterocycles. The molecule has 3 unspecified atom stereocenters. The molecular formula is C38H49N9O4. The molecule has 1 aromatic heterocycles. The van der Waals surface area contributed by atoms with Gasteiger partial charge in [-0.3, -0.25) is 9.58 Å². The van der Waals surface area contributed by atoms with Gasteiger partial charge in [-0.25, -0.2) is 14.9 Å². The number of nitrogens with zero attached hydrogens (tertiary/aromatic N) is 9. The van der Waals surface area contributed by atoms with Crippen LogP contribution >= 0.6 is 0 Å². The van der Waals surface area contributed by atoms with Crippen molar-refractivity contribution in [1.82, 2.24) is 14.7 Å². The third kappa shape index (κ3) is 7.77. The number of amidine groups is 2. The summed E-state index contributed by atoms with van der Waals surface area (Å²) >= 11 is 0. The van der Waals surface area contributed by atoms with E-state index in [0.29, 0.717) is 65.3 Å². The summed E-state index contributed by atoms with van der Waals surface area (Å²) in [6, 6.07) is 12.3. The molecule has 3 atom stereocenters. The Kier molecular flexibility index (Phi) is 11.3. The molecule has 4 heterocycles. The van der Waals surface area contributed by atoms with E-state index in [2.05, 4.69) is 37.8 Å². The molecule has 0 spiro atoms. The van der Waals surface area contributed by atoms with Crippen LogP contribution in [0.15, 0.2) is 73.6 Å². The SMILES string of the molecule is CCCCC(CC)COc1ccc(C2=NC3=NC=NC4N3C(=N2)N=C(c2ccc(OCC(CC)CCCC)cc2O)N4c2ccnn2C)c(O)c1. The molecule has 6 rings (SSSR count). The zero-order chi connectivity index (χ0) is 35.9. The Morgan fingerprint density at radius 2 is 1.37 bits per heavy atom. The third-order valence-corrected chi connectivity index (χ3v) is 9.63. The van der Waals surface area contributed by atoms with Crippen molar-refractivity contribution in [3.8, 4) is 23.0 Å². The van der Waals surface area contributed by atoms with E-state index in [4.69, 9.17) is 29.4 Å². The second-order valence-electron chi connectivity index (χ2n) is 13.2. The molecule has 0 aliphatic carbocycles. The van der Waals surface area contributed by atoms with E-state index >= 15 is 0 Å². The molecule has 0 fully saturated rings. The van der Waals surface area contributed by atoms with Crippen molar-refractivity contribution < 1.29 is 19.7 Å². The summed E-state index contributed by atoms with van der Waals surface area (Å²) in [5.41, 5.74) is 0.870. The van der Waals surface area contributed by atoms with Crippen molar-refractivity contribution in [2.24, 2.45) is 43.8 Å². The third-order valence-electron chi connectivity index (χ3n) is 9.63. The lowest BCUT2D eigenvalue weighted by atomic mass is 10.0. The van der Waals surface area contributed by atoms with Crippen molar-refractivity contribution in [3.05, 3.63) is 59.8 Å². The van der Waals surface area contributed by atoms with Crippen LogP contribution in [0.25, 0.3) is 0 Å². The Labute approximate surface area is 299 Å². The summed E-state index contributed by atoms with van der Waals surface area (Å²) in [5.74, 6) is 3.96. The summed E-state index contributed by atoms with van der Waals surface area (Å²) in [5, 5.41) is 27.0. The number of anilines is 1. The van der Waals surface area contributed by atoms with Crippen molar-refractivity contribution in [3.63, 3.8) is 0 Å². The van der Waals surface area contributed by atoms with Gasteiger partial charge in [0, 0.05) is 25.2 Å². The summed E-state index contributed by atoms with van der Waals surface area (Å²) in [7, 11) is 1.83. The predicted octanol–water partition coefficient (Wildman–Crippen LogP) is 7.09. The van der Waals surface area contributed by atoms with Gasteiger partial charge in [0.05, 0.1) is 30.5 Å². The van der Waals surface area contributed by atoms with Gasteiger partial charge in [-0.05, 0) is 48.9 Å². The van der Waals surface area contributed by atoms with E-state index in [1.807, 2.05) is 30.1 Å². The van der Waals surface area contributed by atoms with Crippen LogP contribution in [0.2, 0.25) is 0 Å². The minimum absolute atomic E-state index is 0.000643. The highest BCUT2D eigenvalue weighted by molar-refractivity contribution is 6.26. The first-order valence-corrected chi connectivity index (χ1v) is 18.2. The smallest absolute Gasteiger partial charge is 0.239 e. The average molecular weight is 696 g/mol. The number of rotatable bonds is 17. The van der Waals surface area contributed by atoms with Crippen LogP contribution < -0.4 is 14.4 Å². The molecule has 13 nitrogen and oxygen atoms in total. The van der Waals surface area contributed by atoms with Crippen LogP contribution in [0.3, 0.4) is 0 Å². The Hall–Kier alpha value is -5.20. The van der Waals surface area contributed by atoms with Crippen LogP contribution in [-0.2, 0) is 7.05 Å². The highest BCUT2D eigenvalue weighted by Gasteiger charge is 2.43. The Balaban J connectivity index is 1.33. The minimum atomic E-state index is -0.716. The number of phenolic OH excluding ortho intramolecular Hbond substituents is 2. The Bertz CT molecular complexity index is 1850. The van der Waals surface area contributed by atoms with Crippen molar-refractivity contribution in [2.75, 3.05) is 18.1 Å². The molecule has 3 aliphatic heterocycles. The van der Waals surface area contributed by atoms with Gasteiger partial charge in [-0.1, -0.05) is 66.2 Å². The molecule has 13 heteroatoms. The number of unbranched alkanes of at least 4 members (excludes halogenated alkanes) is 2. The zero-order valence-electron chi connectivity index (χ0n) is 30.2. The lowest BCUT2D eigenvalue weighted by Crippen LogP contribution is -2.60. The van der Waals surface area contributed by atoms with Gasteiger partial charge < -0.3 is 19.7 Å². The van der Waals surface area contributed by atoms with Gasteiger partial charge in [-0.2, -0.15) is 20.1 Å². The molecule has 270 valence electrons. The van der Waals surface area contributed by atoms with Crippen LogP contribution in [0.5, 0.6) is 23.0 Å². The molecule has 3 aliphatic rings. The molecule has 0 bridgehead atoms. The van der Waals surface area contributed by atoms with Crippen LogP contribution in [0, 0.1) is 11.8 Å². The van der Waals surface area contributed by atoms with Crippen LogP contribution in [-0.4, -0.2) is 74.3 Å². The van der Waals surface area contributed by atoms with E-state index in [0.717, 1.165) is 44.9 Å². The maximum absolute atomic E-state index is 11.4. The van der Waals surface area contributed by atoms with Crippen molar-refractivity contribution >= 4 is 35.7 Å². The largest absolute Gasteiger partial charge is 0.507 e. The zero-order valence-corrected chi connectivity index (χ0v) is 30.2. The van der Waals surface area contributed by atoms with Crippen molar-refractivity contribution in [2.45, 2.75) is 85.4 Å². The highest BCUT2D eigenvalue weighted by Crippen LogP contribution is 2.35. The highest BCUT2D eigenvalue weighted by atomic mass is 16.5. The number of aliphatic imine (C=N–C) groups is 5. The minimum Gasteiger partial charge on any atom is -0.507 e. The van der Waals surface area contributed by atoms with Gasteiger partial charge >= 0.3 is 0 Å². The maximum atomic E-state index is 11.4. The molecular weight excluding hydrogens is 646 g/mol. The molecule has 51 heavy (non-hydrogen) atoms. The Morgan fingerprint density at radius 3 is 1.92 bits per heavy atom. The van der Waals surface area contributed by atoms with E-state index in [9.17, 15) is 10.2 Å². The van der Waals surface area contributed by atoms with Crippen LogP contribution in [0.4, 0.5) is 5.82 Å². The number of ether oxygens (including phenoxy) is 2. The standard InChI is InChI=1S/C38H49N9O4/c1-6-10-12-25(8-3)22-50-27-14-16-29(31(48)20-27)34-42-36-39-24-40-38-46(33-18-19-41-45(33)5)35(44-37(43-34)47(36)38)30-17-15-28(21-32(30)49)51-23-26(9-4)13-11-7-2/h14-21,24-26,38,48-49H,6-13,22-23H2,1-5H3. The summed E-state index contributed by atoms with van der Waals surface area (Å²) < 4.78 is 13.9. The molecule has 0 saturated carbocycles. The fourth-order valence-corrected chi connectivity index (χ4v) is 6.38. The second-order valence-corrected chi connectivity index (χ2v) is 13.2. The van der Waals surface area contributed by atoms with Gasteiger partial charge in [0.2, 0.25) is 18.2 Å². The van der Waals surface area contributed by atoms with Crippen molar-refractivity contribution in [1.29, 1.82) is 0 Å². The quantitative estimate of drug-likeness (QED) is 0.153. The van der Waals surface area contributed by atoms with Gasteiger partial charge in [0.1, 0.15) is 35.2 Å². The normalized spacial score (nSPS) is 17.6. The molecule has 0 amide bonds. The number of aryl methyl sites for hydroxylation is 1. The summed E-state index contributed by atoms with van der Waals surface area (Å²) in [6.07, 6.45) is 11.4. The number of benzene rings is 2. The van der Waals surface area contributed by atoms with Gasteiger partial charge in [0.25, 0.3) is 0 Å². The van der Waals surface area contributed by atoms with Gasteiger partial charge in [-0.15, -0.1) is 0 Å². The van der Waals surface area contributed by atoms with E-state index in [1.54, 1.807) is 40.0 Å². The first-order valence-electron chi connectivity index (χ1n) is 18.2. The van der Waals surface area contributed by atoms with Crippen LogP contribution in [0.1, 0.15) is 90.2 Å². The fourth-order valence-electron chi connectivity index (χ4n) is 6.38. The molecule has 2 N–H and O–H groups in total. The topological polar surface area (TPSA) is 145 Å². The molecule has 3 aromatic rings. The number of phenols is 2. The first kappa shape index (κ1) is 35.6. The predicted molar refractivity (Wildman–Crippen MR) is 202 cm³/mol. The summed E-state index contributed by atoms with van der Waals surface area (Å²) in [4.78, 5) is 27.2. The number of aromatic nitrogens is 2. The second kappa shape index (κ2) is 16.2. The van der Waals surface area contributed by atoms with E-state index in [1.165, 1.54) is 12.8 Å². The molecule has 2 aromatic carbocycles. The van der Waals surface area contributed by atoms with Gasteiger partial charge in [0.15, 0.2) is 11.7 Å². The number of aromatic hydroxyl groups is 2. The first-order chi connectivity index (χ1) is 24.8. The molecule has 0 radical (unpaired) electrons. The Morgan fingerprint density at radius 1 is 0.745 bits per heavy atom. The number of hydrogen-bond acceptors (Lipinski definition) is 12. The number of hydrogen-bond donors (Lipinski definition) is 2. The number of guanidine groups is 2. The van der Waals surface area contributed by atoms with E-state index in [-0.39, 0.29) is 23.3 Å². The van der Waals surface area contributed by atoms with E-state index < -0.39 is 6.29 Å². The summed E-state index contributed by atoms with van der Waals surface area (Å²) in [6.45, 7) is 9.92. The monoisotopic (exact) mass is 695 g/mol.